The number of likely N-dealkylation sites (tertiary alicyclic amines) is 1. The second kappa shape index (κ2) is 8.96. The Morgan fingerprint density at radius 1 is 1.35 bits per heavy atom. The monoisotopic (exact) mass is 338 g/mol. The van der Waals surface area contributed by atoms with Gasteiger partial charge in [-0.15, -0.1) is 10.2 Å². The van der Waals surface area contributed by atoms with Crippen LogP contribution in [0.25, 0.3) is 0 Å². The Labute approximate surface area is 141 Å². The number of carbonyl (C=O) groups excluding carboxylic acids is 2. The van der Waals surface area contributed by atoms with E-state index >= 15 is 0 Å². The molecule has 0 saturated carbocycles. The molecule has 1 fully saturated rings. The van der Waals surface area contributed by atoms with Gasteiger partial charge >= 0.3 is 0 Å². The van der Waals surface area contributed by atoms with E-state index in [1.165, 1.54) is 24.2 Å². The van der Waals surface area contributed by atoms with Crippen LogP contribution in [0.4, 0.5) is 5.13 Å². The van der Waals surface area contributed by atoms with Gasteiger partial charge in [0.05, 0.1) is 0 Å². The van der Waals surface area contributed by atoms with Crippen molar-refractivity contribution in [1.29, 1.82) is 0 Å². The van der Waals surface area contributed by atoms with Crippen molar-refractivity contribution in [3.63, 3.8) is 0 Å². The van der Waals surface area contributed by atoms with E-state index in [9.17, 15) is 9.59 Å². The van der Waals surface area contributed by atoms with Crippen LogP contribution in [-0.4, -0.2) is 39.5 Å². The van der Waals surface area contributed by atoms with Crippen molar-refractivity contribution in [1.82, 2.24) is 15.1 Å². The number of anilines is 1. The first-order valence-electron chi connectivity index (χ1n) is 8.52. The number of aryl methyl sites for hydroxylation is 1. The lowest BCUT2D eigenvalue weighted by molar-refractivity contribution is -0.136. The topological polar surface area (TPSA) is 75.2 Å². The normalized spacial score (nSPS) is 16.4. The molecule has 1 N–H and O–H groups in total. The minimum atomic E-state index is -0.105. The molecule has 23 heavy (non-hydrogen) atoms. The summed E-state index contributed by atoms with van der Waals surface area (Å²) in [6.07, 6.45) is 7.26. The molecule has 2 amide bonds. The first kappa shape index (κ1) is 17.8. The number of unbranched alkanes of at least 4 members (excludes halogenated alkanes) is 2. The number of rotatable bonds is 8. The zero-order chi connectivity index (χ0) is 16.7. The Morgan fingerprint density at radius 2 is 2.17 bits per heavy atom. The van der Waals surface area contributed by atoms with Gasteiger partial charge in [0.25, 0.3) is 0 Å². The average Bonchev–Trinajstić information content (AvgIpc) is 2.95. The zero-order valence-corrected chi connectivity index (χ0v) is 14.8. The molecular formula is C16H26N4O2S. The Kier molecular flexibility index (Phi) is 6.95. The summed E-state index contributed by atoms with van der Waals surface area (Å²) in [7, 11) is 0. The number of piperidine rings is 1. The Morgan fingerprint density at radius 3 is 2.91 bits per heavy atom. The van der Waals surface area contributed by atoms with Crippen molar-refractivity contribution >= 4 is 28.3 Å². The number of hydrogen-bond acceptors (Lipinski definition) is 5. The van der Waals surface area contributed by atoms with E-state index in [1.807, 2.05) is 11.8 Å². The molecule has 1 aliphatic heterocycles. The van der Waals surface area contributed by atoms with Crippen molar-refractivity contribution in [2.24, 2.45) is 0 Å². The van der Waals surface area contributed by atoms with Crippen LogP contribution in [0.2, 0.25) is 0 Å². The summed E-state index contributed by atoms with van der Waals surface area (Å²) in [5.41, 5.74) is 0. The van der Waals surface area contributed by atoms with Gasteiger partial charge < -0.3 is 10.2 Å². The summed E-state index contributed by atoms with van der Waals surface area (Å²) in [6.45, 7) is 4.85. The fourth-order valence-corrected chi connectivity index (χ4v) is 3.57. The molecule has 7 heteroatoms. The molecule has 1 aliphatic rings. The molecule has 6 nitrogen and oxygen atoms in total. The SMILES string of the molecule is CCCCCc1nnc(NC(=O)C[C@@H](C)N2CCCCC2=O)s1. The van der Waals surface area contributed by atoms with Crippen LogP contribution in [0.5, 0.6) is 0 Å². The summed E-state index contributed by atoms with van der Waals surface area (Å²) >= 11 is 1.44. The summed E-state index contributed by atoms with van der Waals surface area (Å²) in [6, 6.07) is -0.0697. The number of amides is 2. The lowest BCUT2D eigenvalue weighted by Crippen LogP contribution is -2.43. The standard InChI is InChI=1S/C16H26N4O2S/c1-3-4-5-8-14-18-19-16(23-14)17-13(21)11-12(2)20-10-7-6-9-15(20)22/h12H,3-11H2,1-2H3,(H,17,19,21)/t12-/m1/s1. The molecule has 128 valence electrons. The molecule has 0 aromatic carbocycles. The molecule has 1 saturated heterocycles. The summed E-state index contributed by atoms with van der Waals surface area (Å²) < 4.78 is 0. The van der Waals surface area contributed by atoms with E-state index in [-0.39, 0.29) is 17.9 Å². The van der Waals surface area contributed by atoms with E-state index in [2.05, 4.69) is 22.4 Å². The quantitative estimate of drug-likeness (QED) is 0.739. The predicted octanol–water partition coefficient (Wildman–Crippen LogP) is 3.00. The van der Waals surface area contributed by atoms with Gasteiger partial charge in [0.15, 0.2) is 0 Å². The Balaban J connectivity index is 1.78. The van der Waals surface area contributed by atoms with Gasteiger partial charge in [-0.2, -0.15) is 0 Å². The van der Waals surface area contributed by atoms with Crippen molar-refractivity contribution < 1.29 is 9.59 Å². The second-order valence-electron chi connectivity index (χ2n) is 6.10. The van der Waals surface area contributed by atoms with Crippen molar-refractivity contribution in [3.8, 4) is 0 Å². The summed E-state index contributed by atoms with van der Waals surface area (Å²) in [5, 5.41) is 12.5. The number of carbonyl (C=O) groups is 2. The third kappa shape index (κ3) is 5.57. The highest BCUT2D eigenvalue weighted by molar-refractivity contribution is 7.15. The maximum atomic E-state index is 12.1. The summed E-state index contributed by atoms with van der Waals surface area (Å²) in [5.74, 6) is 0.0535. The van der Waals surface area contributed by atoms with Crippen LogP contribution in [0.3, 0.4) is 0 Å². The molecule has 0 unspecified atom stereocenters. The number of hydrogen-bond donors (Lipinski definition) is 1. The van der Waals surface area contributed by atoms with Crippen LogP contribution in [-0.2, 0) is 16.0 Å². The van der Waals surface area contributed by atoms with Crippen molar-refractivity contribution in [2.75, 3.05) is 11.9 Å². The molecule has 2 rings (SSSR count). The predicted molar refractivity (Wildman–Crippen MR) is 91.4 cm³/mol. The molecule has 1 aromatic heterocycles. The van der Waals surface area contributed by atoms with E-state index in [4.69, 9.17) is 0 Å². The zero-order valence-electron chi connectivity index (χ0n) is 14.0. The third-order valence-corrected chi connectivity index (χ3v) is 4.98. The maximum Gasteiger partial charge on any atom is 0.228 e. The lowest BCUT2D eigenvalue weighted by atomic mass is 10.1. The highest BCUT2D eigenvalue weighted by Crippen LogP contribution is 2.19. The van der Waals surface area contributed by atoms with E-state index in [1.54, 1.807) is 0 Å². The largest absolute Gasteiger partial charge is 0.339 e. The number of nitrogens with zero attached hydrogens (tertiary/aromatic N) is 3. The number of nitrogens with one attached hydrogen (secondary N) is 1. The van der Waals surface area contributed by atoms with Gasteiger partial charge in [-0.1, -0.05) is 31.1 Å². The summed E-state index contributed by atoms with van der Waals surface area (Å²) in [4.78, 5) is 25.8. The molecule has 0 bridgehead atoms. The fourth-order valence-electron chi connectivity index (χ4n) is 2.77. The Hall–Kier alpha value is -1.50. The van der Waals surface area contributed by atoms with Gasteiger partial charge in [-0.3, -0.25) is 9.59 Å². The molecule has 0 spiro atoms. The lowest BCUT2D eigenvalue weighted by Gasteiger charge is -2.32. The van der Waals surface area contributed by atoms with E-state index in [0.717, 1.165) is 37.2 Å². The first-order chi connectivity index (χ1) is 11.1. The van der Waals surface area contributed by atoms with Gasteiger partial charge in [-0.25, -0.2) is 0 Å². The minimum absolute atomic E-state index is 0.0697. The van der Waals surface area contributed by atoms with Gasteiger partial charge in [0.2, 0.25) is 16.9 Å². The highest BCUT2D eigenvalue weighted by atomic mass is 32.1. The van der Waals surface area contributed by atoms with E-state index < -0.39 is 0 Å². The Bertz CT molecular complexity index is 532. The van der Waals surface area contributed by atoms with Crippen LogP contribution < -0.4 is 5.32 Å². The molecule has 1 atom stereocenters. The van der Waals surface area contributed by atoms with Crippen molar-refractivity contribution in [3.05, 3.63) is 5.01 Å². The minimum Gasteiger partial charge on any atom is -0.339 e. The first-order valence-corrected chi connectivity index (χ1v) is 9.33. The van der Waals surface area contributed by atoms with Gasteiger partial charge in [0, 0.05) is 31.8 Å². The van der Waals surface area contributed by atoms with Crippen LogP contribution in [0, 0.1) is 0 Å². The van der Waals surface area contributed by atoms with E-state index in [0.29, 0.717) is 18.0 Å². The molecule has 1 aromatic rings. The molecule has 2 heterocycles. The van der Waals surface area contributed by atoms with Crippen LogP contribution in [0.15, 0.2) is 0 Å². The van der Waals surface area contributed by atoms with Gasteiger partial charge in [0.1, 0.15) is 5.01 Å². The molecule has 0 radical (unpaired) electrons. The second-order valence-corrected chi connectivity index (χ2v) is 7.17. The maximum absolute atomic E-state index is 12.1. The molecular weight excluding hydrogens is 312 g/mol. The fraction of sp³-hybridized carbons (Fsp3) is 0.750. The molecule has 0 aliphatic carbocycles. The number of aromatic nitrogens is 2. The average molecular weight is 338 g/mol. The van der Waals surface area contributed by atoms with Crippen molar-refractivity contribution in [2.45, 2.75) is 71.3 Å². The smallest absolute Gasteiger partial charge is 0.228 e. The third-order valence-electron chi connectivity index (χ3n) is 4.08. The van der Waals surface area contributed by atoms with Crippen LogP contribution in [0.1, 0.15) is 63.8 Å². The van der Waals surface area contributed by atoms with Crippen LogP contribution >= 0.6 is 11.3 Å². The highest BCUT2D eigenvalue weighted by Gasteiger charge is 2.24. The van der Waals surface area contributed by atoms with Gasteiger partial charge in [-0.05, 0) is 26.2 Å².